The van der Waals surface area contributed by atoms with Gasteiger partial charge in [0.1, 0.15) is 5.82 Å². The molecule has 0 atom stereocenters. The maximum absolute atomic E-state index is 12.9. The lowest BCUT2D eigenvalue weighted by Gasteiger charge is -2.35. The highest BCUT2D eigenvalue weighted by Crippen LogP contribution is 2.36. The van der Waals surface area contributed by atoms with Gasteiger partial charge in [0, 0.05) is 37.9 Å². The van der Waals surface area contributed by atoms with E-state index < -0.39 is 5.91 Å². The maximum atomic E-state index is 12.9. The molecule has 2 aromatic rings. The first kappa shape index (κ1) is 21.0. The van der Waals surface area contributed by atoms with Gasteiger partial charge < -0.3 is 25.0 Å². The summed E-state index contributed by atoms with van der Waals surface area (Å²) in [6, 6.07) is 6.68. The second kappa shape index (κ2) is 9.19. The van der Waals surface area contributed by atoms with Crippen LogP contribution in [0.3, 0.4) is 0 Å². The highest BCUT2D eigenvalue weighted by atomic mass is 35.5. The largest absolute Gasteiger partial charge is 0.493 e. The number of nitrogens with zero attached hydrogens (tertiary/aromatic N) is 3. The van der Waals surface area contributed by atoms with Gasteiger partial charge in [-0.1, -0.05) is 23.2 Å². The predicted molar refractivity (Wildman–Crippen MR) is 110 cm³/mol. The lowest BCUT2D eigenvalue weighted by atomic mass is 10.1. The summed E-state index contributed by atoms with van der Waals surface area (Å²) in [5.74, 6) is 0.433. The third-order valence-electron chi connectivity index (χ3n) is 4.44. The van der Waals surface area contributed by atoms with E-state index in [-0.39, 0.29) is 29.0 Å². The number of carbonyl (C=O) groups excluding carboxylic acids is 2. The Hall–Kier alpha value is -2.71. The Morgan fingerprint density at radius 3 is 2.48 bits per heavy atom. The minimum absolute atomic E-state index is 0.165. The van der Waals surface area contributed by atoms with Crippen molar-refractivity contribution < 1.29 is 19.1 Å². The number of hydrogen-bond acceptors (Lipinski definition) is 6. The Morgan fingerprint density at radius 2 is 1.90 bits per heavy atom. The summed E-state index contributed by atoms with van der Waals surface area (Å²) < 4.78 is 10.6. The second-order valence-corrected chi connectivity index (χ2v) is 7.20. The van der Waals surface area contributed by atoms with Gasteiger partial charge in [-0.2, -0.15) is 0 Å². The number of piperazine rings is 1. The number of primary amides is 1. The topological polar surface area (TPSA) is 98.0 Å². The molecule has 2 amide bonds. The van der Waals surface area contributed by atoms with E-state index in [9.17, 15) is 9.59 Å². The molecule has 0 saturated carbocycles. The van der Waals surface area contributed by atoms with E-state index in [4.69, 9.17) is 38.4 Å². The summed E-state index contributed by atoms with van der Waals surface area (Å²) in [6.45, 7) is 2.01. The molecule has 1 aromatic heterocycles. The number of pyridine rings is 1. The minimum Gasteiger partial charge on any atom is -0.493 e. The first-order valence-electron chi connectivity index (χ1n) is 8.83. The van der Waals surface area contributed by atoms with Crippen LogP contribution in [0.1, 0.15) is 10.4 Å². The Kier molecular flexibility index (Phi) is 6.66. The van der Waals surface area contributed by atoms with Crippen LogP contribution in [0.25, 0.3) is 0 Å². The van der Waals surface area contributed by atoms with Gasteiger partial charge in [0.25, 0.3) is 11.8 Å². The molecule has 0 aliphatic carbocycles. The van der Waals surface area contributed by atoms with Gasteiger partial charge in [-0.05, 0) is 24.3 Å². The molecule has 2 N–H and O–H groups in total. The number of rotatable bonds is 6. The van der Waals surface area contributed by atoms with Crippen LogP contribution in [0.15, 0.2) is 30.5 Å². The van der Waals surface area contributed by atoms with Crippen LogP contribution in [0.5, 0.6) is 11.5 Å². The number of anilines is 1. The molecule has 2 heterocycles. The molecule has 1 saturated heterocycles. The van der Waals surface area contributed by atoms with Crippen molar-refractivity contribution in [3.8, 4) is 11.5 Å². The molecule has 1 fully saturated rings. The summed E-state index contributed by atoms with van der Waals surface area (Å²) in [5, 5.41) is 0.745. The maximum Gasteiger partial charge on any atom is 0.255 e. The number of hydrogen-bond donors (Lipinski definition) is 1. The molecule has 29 heavy (non-hydrogen) atoms. The zero-order chi connectivity index (χ0) is 21.0. The fraction of sp³-hybridized carbons (Fsp3) is 0.316. The van der Waals surface area contributed by atoms with Crippen LogP contribution in [0.4, 0.5) is 5.82 Å². The SMILES string of the molecule is COc1cc(C(=O)N2CCN(c3ccc(Cl)cn3)CC2)cc(Cl)c1OCC(N)=O. The third kappa shape index (κ3) is 5.02. The van der Waals surface area contributed by atoms with Crippen molar-refractivity contribution in [2.75, 3.05) is 44.8 Å². The van der Waals surface area contributed by atoms with Crippen LogP contribution in [-0.2, 0) is 4.79 Å². The molecule has 0 unspecified atom stereocenters. The Balaban J connectivity index is 1.69. The van der Waals surface area contributed by atoms with Crippen molar-refractivity contribution >= 4 is 40.8 Å². The molecule has 0 radical (unpaired) electrons. The average Bonchev–Trinajstić information content (AvgIpc) is 2.72. The number of amides is 2. The van der Waals surface area contributed by atoms with Crippen molar-refractivity contribution in [3.63, 3.8) is 0 Å². The number of ether oxygens (including phenoxy) is 2. The molecular weight excluding hydrogens is 419 g/mol. The molecule has 1 aliphatic rings. The summed E-state index contributed by atoms with van der Waals surface area (Å²) in [6.07, 6.45) is 1.60. The minimum atomic E-state index is -0.642. The van der Waals surface area contributed by atoms with E-state index in [1.54, 1.807) is 17.2 Å². The van der Waals surface area contributed by atoms with Crippen molar-refractivity contribution in [1.82, 2.24) is 9.88 Å². The van der Waals surface area contributed by atoms with Crippen molar-refractivity contribution in [1.29, 1.82) is 0 Å². The standard InChI is InChI=1S/C19H20Cl2N4O4/c1-28-15-9-12(8-14(21)18(15)29-11-16(22)26)19(27)25-6-4-24(5-7-25)17-3-2-13(20)10-23-17/h2-3,8-10H,4-7,11H2,1H3,(H2,22,26). The Bertz CT molecular complexity index is 900. The first-order chi connectivity index (χ1) is 13.9. The predicted octanol–water partition coefficient (Wildman–Crippen LogP) is 2.22. The van der Waals surface area contributed by atoms with Crippen LogP contribution in [-0.4, -0.2) is 61.6 Å². The lowest BCUT2D eigenvalue weighted by molar-refractivity contribution is -0.119. The second-order valence-electron chi connectivity index (χ2n) is 6.36. The van der Waals surface area contributed by atoms with Gasteiger partial charge in [-0.15, -0.1) is 0 Å². The number of methoxy groups -OCH3 is 1. The van der Waals surface area contributed by atoms with E-state index in [1.165, 1.54) is 19.2 Å². The molecule has 154 valence electrons. The summed E-state index contributed by atoms with van der Waals surface area (Å²) in [4.78, 5) is 32.0. The van der Waals surface area contributed by atoms with Crippen LogP contribution in [0, 0.1) is 0 Å². The van der Waals surface area contributed by atoms with Gasteiger partial charge in [0.2, 0.25) is 0 Å². The molecule has 0 spiro atoms. The number of carbonyl (C=O) groups is 2. The van der Waals surface area contributed by atoms with Gasteiger partial charge in [0.05, 0.1) is 17.2 Å². The van der Waals surface area contributed by atoms with Gasteiger partial charge in [0.15, 0.2) is 18.1 Å². The average molecular weight is 439 g/mol. The first-order valence-corrected chi connectivity index (χ1v) is 9.59. The Labute approximate surface area is 178 Å². The molecule has 1 aliphatic heterocycles. The monoisotopic (exact) mass is 438 g/mol. The van der Waals surface area contributed by atoms with Gasteiger partial charge in [-0.25, -0.2) is 4.98 Å². The number of nitrogens with two attached hydrogens (primary N) is 1. The van der Waals surface area contributed by atoms with Gasteiger partial charge in [-0.3, -0.25) is 9.59 Å². The van der Waals surface area contributed by atoms with Gasteiger partial charge >= 0.3 is 0 Å². The molecule has 3 rings (SSSR count). The number of benzene rings is 1. The molecule has 10 heteroatoms. The summed E-state index contributed by atoms with van der Waals surface area (Å²) >= 11 is 12.1. The fourth-order valence-electron chi connectivity index (χ4n) is 3.00. The summed E-state index contributed by atoms with van der Waals surface area (Å²) in [5.41, 5.74) is 5.47. The number of aromatic nitrogens is 1. The molecule has 8 nitrogen and oxygen atoms in total. The van der Waals surface area contributed by atoms with Crippen LogP contribution >= 0.6 is 23.2 Å². The van der Waals surface area contributed by atoms with E-state index in [2.05, 4.69) is 9.88 Å². The molecular formula is C19H20Cl2N4O4. The number of halogens is 2. The highest BCUT2D eigenvalue weighted by molar-refractivity contribution is 6.32. The van der Waals surface area contributed by atoms with Crippen LogP contribution < -0.4 is 20.1 Å². The summed E-state index contributed by atoms with van der Waals surface area (Å²) in [7, 11) is 1.43. The third-order valence-corrected chi connectivity index (χ3v) is 4.94. The zero-order valence-electron chi connectivity index (χ0n) is 15.7. The smallest absolute Gasteiger partial charge is 0.255 e. The molecule has 1 aromatic carbocycles. The van der Waals surface area contributed by atoms with E-state index in [1.807, 2.05) is 6.07 Å². The van der Waals surface area contributed by atoms with E-state index in [0.29, 0.717) is 36.8 Å². The highest BCUT2D eigenvalue weighted by Gasteiger charge is 2.25. The van der Waals surface area contributed by atoms with Crippen LogP contribution in [0.2, 0.25) is 10.0 Å². The van der Waals surface area contributed by atoms with E-state index >= 15 is 0 Å². The van der Waals surface area contributed by atoms with Crippen molar-refractivity contribution in [2.45, 2.75) is 0 Å². The van der Waals surface area contributed by atoms with Crippen molar-refractivity contribution in [2.24, 2.45) is 5.73 Å². The Morgan fingerprint density at radius 1 is 1.17 bits per heavy atom. The lowest BCUT2D eigenvalue weighted by Crippen LogP contribution is -2.49. The zero-order valence-corrected chi connectivity index (χ0v) is 17.2. The normalized spacial score (nSPS) is 13.9. The fourth-order valence-corrected chi connectivity index (χ4v) is 3.38. The quantitative estimate of drug-likeness (QED) is 0.742. The van der Waals surface area contributed by atoms with Crippen molar-refractivity contribution in [3.05, 3.63) is 46.1 Å². The van der Waals surface area contributed by atoms with E-state index in [0.717, 1.165) is 5.82 Å². The molecule has 0 bridgehead atoms.